The van der Waals surface area contributed by atoms with Crippen LogP contribution in [0.3, 0.4) is 0 Å². The molecule has 6 aromatic carbocycles. The second-order valence-electron chi connectivity index (χ2n) is 43.5. The summed E-state index contributed by atoms with van der Waals surface area (Å²) >= 11 is 0. The van der Waals surface area contributed by atoms with E-state index < -0.39 is 49.9 Å². The second kappa shape index (κ2) is 48.2. The molecular weight excluding hydrogens is 1680 g/mol. The van der Waals surface area contributed by atoms with Gasteiger partial charge in [0.25, 0.3) is 25.0 Å². The fourth-order valence-electron chi connectivity index (χ4n) is 17.4. The summed E-state index contributed by atoms with van der Waals surface area (Å²) in [6.07, 6.45) is 26.2. The van der Waals surface area contributed by atoms with Gasteiger partial charge in [0.2, 0.25) is 0 Å². The lowest BCUT2D eigenvalue weighted by Gasteiger charge is -2.45. The predicted octanol–water partition coefficient (Wildman–Crippen LogP) is 24.3. The molecule has 128 heavy (non-hydrogen) atoms. The van der Waals surface area contributed by atoms with E-state index in [4.69, 9.17) is 45.5 Å². The van der Waals surface area contributed by atoms with Crippen molar-refractivity contribution in [1.82, 2.24) is 0 Å². The van der Waals surface area contributed by atoms with Gasteiger partial charge in [-0.1, -0.05) is 376 Å². The predicted molar refractivity (Wildman–Crippen MR) is 551 cm³/mol. The van der Waals surface area contributed by atoms with E-state index in [0.717, 1.165) is 51.2 Å². The molecule has 3 aliphatic heterocycles. The lowest BCUT2D eigenvalue weighted by molar-refractivity contribution is -0.147. The first-order valence-corrected chi connectivity index (χ1v) is 62.4. The summed E-state index contributed by atoms with van der Waals surface area (Å²) in [7, 11) is -14.0. The molecule has 0 radical (unpaired) electrons. The first kappa shape index (κ1) is 109. The van der Waals surface area contributed by atoms with E-state index in [1.54, 1.807) is 0 Å². The molecule has 3 heterocycles. The zero-order chi connectivity index (χ0) is 94.8. The SMILES string of the molecule is CC[C@@H](/C=C/[C@H]1OC[C@H](O[Si](c2ccccc2)(c2ccccc2)C(C)(C)C)[C@@H]1CC/C=C\CCC(=O)OC(C)C)O[Si](C)(C)C(C)(C)C.CC[C@@H](/C=C/[C@H]1OC[C@H](O[Si](c2ccccc2)(c2ccccc2)C(C)(C)C)[C@@H]1CCC#N)O[Si](C)(C)C(C)(C)C.CC[C@@H](/C=C/[C@H]1OC[C@H](O[Si](c2ccccc2)(c2ccccc2)C(C)(C)C)[C@@H]1CCC=O)O[Si](C)(C)C(C)(C)C. The van der Waals surface area contributed by atoms with Gasteiger partial charge in [0, 0.05) is 37.0 Å². The fraction of sp³-hybridized carbons (Fsp3) is 0.569. The summed E-state index contributed by atoms with van der Waals surface area (Å²) in [5, 5.41) is 17.2. The van der Waals surface area contributed by atoms with E-state index in [1.807, 2.05) is 13.8 Å². The normalized spacial score (nSPS) is 21.0. The Labute approximate surface area is 782 Å². The summed E-state index contributed by atoms with van der Waals surface area (Å²) in [4.78, 5) is 23.5. The molecular formula is C109H167NO12Si6. The number of carbonyl (C=O) groups excluding carboxylic acids is 2. The van der Waals surface area contributed by atoms with Gasteiger partial charge in [0.1, 0.15) is 6.29 Å². The Hall–Kier alpha value is -6.15. The van der Waals surface area contributed by atoms with E-state index >= 15 is 0 Å². The van der Waals surface area contributed by atoms with Crippen molar-refractivity contribution in [3.05, 3.63) is 231 Å². The van der Waals surface area contributed by atoms with Crippen molar-refractivity contribution >= 4 is 93.3 Å². The summed E-state index contributed by atoms with van der Waals surface area (Å²) in [6, 6.07) is 67.1. The first-order chi connectivity index (χ1) is 60.0. The van der Waals surface area contributed by atoms with Gasteiger partial charge in [0.15, 0.2) is 25.0 Å². The van der Waals surface area contributed by atoms with Gasteiger partial charge in [-0.05, 0) is 166 Å². The molecule has 704 valence electrons. The quantitative estimate of drug-likeness (QED) is 0.0156. The molecule has 6 aromatic rings. The summed E-state index contributed by atoms with van der Waals surface area (Å²) < 4.78 is 67.7. The van der Waals surface area contributed by atoms with E-state index in [1.165, 1.54) is 31.1 Å². The maximum absolute atomic E-state index is 12.0. The standard InChI is InChI=1S/C41H64O5Si2.C34H51NO3Si2.C34H52O4Si2/c1-12-33(45-47(10,11)40(4,5)6)29-30-37-36(27-21-13-14-22-28-39(42)44-32(2)3)38(31-43-37)46-48(41(7,8)9,34-23-17-15-18-24-34)35-25-19-16-20-26-35;2*1-10-27(37-39(8,9)33(2,3)4)23-24-31-30(22-17-25-35)32(26-36-31)38-40(34(5,6)7,28-18-13-11-14-19-28)29-20-15-12-16-21-29/h13-20,23-26,29-30,32-33,36-38H,12,21-22,27-28,31H2,1-11H3;11-16,18-21,23-24,27,30-32H,10,17,22,26H2,1-9H3;11-16,18-21,23-25,27,30-32H,10,17,22,26H2,1-9H3/b14-13-,30-29+;2*24-23+/t33-,36+,37+,38-;2*27-,30+,31+,32-/m000/s1. The summed E-state index contributed by atoms with van der Waals surface area (Å²) in [5.74, 6) is 0.216. The van der Waals surface area contributed by atoms with Crippen LogP contribution in [0.1, 0.15) is 230 Å². The van der Waals surface area contributed by atoms with Crippen molar-refractivity contribution < 1.29 is 55.1 Å². The van der Waals surface area contributed by atoms with Crippen LogP contribution in [-0.2, 0) is 55.1 Å². The van der Waals surface area contributed by atoms with Crippen LogP contribution in [-0.4, -0.2) is 143 Å². The third-order valence-corrected chi connectivity index (χ3v) is 56.4. The molecule has 12 atom stereocenters. The monoisotopic (exact) mass is 1850 g/mol. The molecule has 13 nitrogen and oxygen atoms in total. The highest BCUT2D eigenvalue weighted by Gasteiger charge is 2.58. The van der Waals surface area contributed by atoms with Crippen LogP contribution < -0.4 is 31.1 Å². The number of nitrogens with zero attached hydrogens (tertiary/aromatic N) is 1. The minimum absolute atomic E-state index is 0.0489. The molecule has 0 amide bonds. The average Bonchev–Trinajstić information content (AvgIpc) is 1.40. The number of esters is 1. The Balaban J connectivity index is 0.000000265. The zero-order valence-electron chi connectivity index (χ0n) is 84.3. The van der Waals surface area contributed by atoms with Crippen LogP contribution >= 0.6 is 0 Å². The molecule has 0 spiro atoms. The van der Waals surface area contributed by atoms with Crippen molar-refractivity contribution in [2.75, 3.05) is 19.8 Å². The number of carbonyl (C=O) groups is 2. The van der Waals surface area contributed by atoms with Gasteiger partial charge in [-0.15, -0.1) is 0 Å². The van der Waals surface area contributed by atoms with Gasteiger partial charge in [0.05, 0.1) is 86.9 Å². The lowest BCUT2D eigenvalue weighted by atomic mass is 9.93. The molecule has 3 fully saturated rings. The molecule has 9 rings (SSSR count). The molecule has 0 unspecified atom stereocenters. The van der Waals surface area contributed by atoms with E-state index in [9.17, 15) is 14.9 Å². The van der Waals surface area contributed by atoms with Gasteiger partial charge in [-0.2, -0.15) is 5.26 Å². The Kier molecular flexibility index (Phi) is 41.0. The highest BCUT2D eigenvalue weighted by molar-refractivity contribution is 7.01. The fourth-order valence-corrected chi connectivity index (χ4v) is 35.6. The molecule has 0 N–H and O–H groups in total. The maximum Gasteiger partial charge on any atom is 0.306 e. The number of benzene rings is 6. The molecule has 0 aliphatic carbocycles. The smallest absolute Gasteiger partial charge is 0.306 e. The summed E-state index contributed by atoms with van der Waals surface area (Å²) in [5.41, 5.74) is 0. The van der Waals surface area contributed by atoms with Crippen LogP contribution in [0, 0.1) is 29.1 Å². The first-order valence-electron chi connectivity index (χ1n) is 48.0. The van der Waals surface area contributed by atoms with E-state index in [-0.39, 0.29) is 115 Å². The topological polar surface area (TPSA) is 150 Å². The number of hydrogen-bond acceptors (Lipinski definition) is 13. The lowest BCUT2D eigenvalue weighted by Crippen LogP contribution is -2.68. The van der Waals surface area contributed by atoms with Crippen LogP contribution in [0.4, 0.5) is 0 Å². The minimum Gasteiger partial charge on any atom is -0.463 e. The second-order valence-corrected chi connectivity index (χ2v) is 70.6. The number of ether oxygens (including phenoxy) is 4. The number of rotatable bonds is 39. The highest BCUT2D eigenvalue weighted by Crippen LogP contribution is 2.47. The molecule has 0 saturated carbocycles. The van der Waals surface area contributed by atoms with Gasteiger partial charge in [-0.25, -0.2) is 0 Å². The average molecular weight is 1850 g/mol. The molecule has 3 aliphatic rings. The third kappa shape index (κ3) is 28.7. The Bertz CT molecular complexity index is 4300. The minimum atomic E-state index is -2.77. The van der Waals surface area contributed by atoms with Crippen molar-refractivity contribution in [1.29, 1.82) is 5.26 Å². The van der Waals surface area contributed by atoms with Crippen molar-refractivity contribution in [2.45, 2.75) is 360 Å². The van der Waals surface area contributed by atoms with Crippen LogP contribution in [0.25, 0.3) is 0 Å². The van der Waals surface area contributed by atoms with Gasteiger partial charge >= 0.3 is 5.97 Å². The third-order valence-electron chi connectivity index (χ3n) is 27.7. The summed E-state index contributed by atoms with van der Waals surface area (Å²) in [6.45, 7) is 67.1. The molecule has 19 heteroatoms. The van der Waals surface area contributed by atoms with E-state index in [0.29, 0.717) is 45.5 Å². The Morgan fingerprint density at radius 2 is 0.641 bits per heavy atom. The molecule has 0 bridgehead atoms. The van der Waals surface area contributed by atoms with Crippen LogP contribution in [0.15, 0.2) is 231 Å². The maximum atomic E-state index is 12.0. The van der Waals surface area contributed by atoms with Gasteiger partial charge < -0.3 is 50.3 Å². The van der Waals surface area contributed by atoms with Gasteiger partial charge in [-0.3, -0.25) is 4.79 Å². The van der Waals surface area contributed by atoms with E-state index in [2.05, 4.69) is 421 Å². The molecule has 0 aromatic heterocycles. The highest BCUT2D eigenvalue weighted by atomic mass is 28.4. The van der Waals surface area contributed by atoms with Crippen molar-refractivity contribution in [3.63, 3.8) is 0 Å². The van der Waals surface area contributed by atoms with Crippen LogP contribution in [0.5, 0.6) is 0 Å². The van der Waals surface area contributed by atoms with Crippen molar-refractivity contribution in [2.24, 2.45) is 17.8 Å². The Morgan fingerprint density at radius 3 is 0.867 bits per heavy atom. The number of hydrogen-bond donors (Lipinski definition) is 0. The molecule has 3 saturated heterocycles. The largest absolute Gasteiger partial charge is 0.463 e. The Morgan fingerprint density at radius 1 is 0.391 bits per heavy atom. The van der Waals surface area contributed by atoms with Crippen molar-refractivity contribution in [3.8, 4) is 6.07 Å². The number of nitriles is 1. The number of allylic oxidation sites excluding steroid dienone is 2. The number of aldehydes is 1. The van der Waals surface area contributed by atoms with Crippen LogP contribution in [0.2, 0.25) is 69.5 Å². The zero-order valence-corrected chi connectivity index (χ0v) is 90.3.